The normalized spacial score (nSPS) is 12.6. The molecular formula is C16H19BrFNO. The molecule has 0 amide bonds. The van der Waals surface area contributed by atoms with E-state index in [1.54, 1.807) is 12.3 Å². The molecule has 0 aliphatic carbocycles. The van der Waals surface area contributed by atoms with Crippen molar-refractivity contribution in [2.45, 2.75) is 32.7 Å². The first-order chi connectivity index (χ1) is 9.61. The second kappa shape index (κ2) is 7.04. The molecule has 1 aromatic heterocycles. The summed E-state index contributed by atoms with van der Waals surface area (Å²) in [5.74, 6) is 0.668. The molecule has 1 N–H and O–H groups in total. The van der Waals surface area contributed by atoms with Crippen LogP contribution in [0.4, 0.5) is 4.39 Å². The molecule has 0 saturated carbocycles. The number of hydrogen-bond donors (Lipinski definition) is 1. The Hall–Kier alpha value is -1.13. The Morgan fingerprint density at radius 1 is 1.40 bits per heavy atom. The van der Waals surface area contributed by atoms with Gasteiger partial charge in [-0.15, -0.1) is 0 Å². The van der Waals surface area contributed by atoms with Crippen LogP contribution in [0, 0.1) is 12.7 Å². The van der Waals surface area contributed by atoms with Gasteiger partial charge in [-0.25, -0.2) is 4.39 Å². The topological polar surface area (TPSA) is 25.2 Å². The molecule has 1 atom stereocenters. The SMILES string of the molecule is CCCNC(Cc1cccc(F)c1Br)c1coc(C)c1. The van der Waals surface area contributed by atoms with E-state index in [0.717, 1.165) is 36.3 Å². The molecule has 1 unspecified atom stereocenters. The van der Waals surface area contributed by atoms with E-state index in [1.165, 1.54) is 6.07 Å². The average Bonchev–Trinajstić information content (AvgIpc) is 2.86. The van der Waals surface area contributed by atoms with Gasteiger partial charge in [0, 0.05) is 11.6 Å². The van der Waals surface area contributed by atoms with E-state index in [1.807, 2.05) is 19.1 Å². The quantitative estimate of drug-likeness (QED) is 0.819. The van der Waals surface area contributed by atoms with Crippen LogP contribution in [0.3, 0.4) is 0 Å². The van der Waals surface area contributed by atoms with Crippen molar-refractivity contribution in [3.05, 3.63) is 57.7 Å². The van der Waals surface area contributed by atoms with Crippen LogP contribution in [0.25, 0.3) is 0 Å². The predicted octanol–water partition coefficient (Wildman–Crippen LogP) is 4.77. The van der Waals surface area contributed by atoms with Crippen molar-refractivity contribution in [1.29, 1.82) is 0 Å². The van der Waals surface area contributed by atoms with Gasteiger partial charge in [-0.3, -0.25) is 0 Å². The molecule has 0 radical (unpaired) electrons. The molecule has 108 valence electrons. The van der Waals surface area contributed by atoms with E-state index in [9.17, 15) is 4.39 Å². The van der Waals surface area contributed by atoms with Gasteiger partial charge in [0.05, 0.1) is 10.7 Å². The molecule has 0 saturated heterocycles. The van der Waals surface area contributed by atoms with E-state index in [0.29, 0.717) is 4.47 Å². The molecule has 2 nitrogen and oxygen atoms in total. The van der Waals surface area contributed by atoms with Crippen LogP contribution < -0.4 is 5.32 Å². The van der Waals surface area contributed by atoms with Gasteiger partial charge in [-0.05, 0) is 59.9 Å². The van der Waals surface area contributed by atoms with Gasteiger partial charge < -0.3 is 9.73 Å². The summed E-state index contributed by atoms with van der Waals surface area (Å²) in [5.41, 5.74) is 2.06. The van der Waals surface area contributed by atoms with Crippen LogP contribution in [0.2, 0.25) is 0 Å². The van der Waals surface area contributed by atoms with Gasteiger partial charge in [0.1, 0.15) is 11.6 Å². The number of halogens is 2. The minimum atomic E-state index is -0.222. The number of hydrogen-bond acceptors (Lipinski definition) is 2. The molecule has 2 rings (SSSR count). The third-order valence-electron chi connectivity index (χ3n) is 3.25. The van der Waals surface area contributed by atoms with Crippen LogP contribution in [0.1, 0.15) is 36.3 Å². The molecule has 20 heavy (non-hydrogen) atoms. The minimum absolute atomic E-state index is 0.130. The van der Waals surface area contributed by atoms with Crippen molar-refractivity contribution >= 4 is 15.9 Å². The van der Waals surface area contributed by atoms with E-state index in [2.05, 4.69) is 28.2 Å². The Bertz CT molecular complexity index is 567. The lowest BCUT2D eigenvalue weighted by atomic mass is 10.0. The molecule has 0 aliphatic heterocycles. The van der Waals surface area contributed by atoms with E-state index < -0.39 is 0 Å². The van der Waals surface area contributed by atoms with Crippen LogP contribution in [0.15, 0.2) is 39.4 Å². The maximum atomic E-state index is 13.6. The second-order valence-electron chi connectivity index (χ2n) is 4.91. The number of furan rings is 1. The van der Waals surface area contributed by atoms with Gasteiger partial charge in [0.15, 0.2) is 0 Å². The third-order valence-corrected chi connectivity index (χ3v) is 4.14. The maximum Gasteiger partial charge on any atom is 0.137 e. The molecular weight excluding hydrogens is 321 g/mol. The molecule has 1 heterocycles. The lowest BCUT2D eigenvalue weighted by Gasteiger charge is -2.18. The average molecular weight is 340 g/mol. The van der Waals surface area contributed by atoms with Crippen LogP contribution in [-0.4, -0.2) is 6.54 Å². The highest BCUT2D eigenvalue weighted by molar-refractivity contribution is 9.10. The standard InChI is InChI=1S/C16H19BrFNO/c1-3-7-19-15(13-8-11(2)20-10-13)9-12-5-4-6-14(18)16(12)17/h4-6,8,10,15,19H,3,7,9H2,1-2H3. The molecule has 4 heteroatoms. The first kappa shape index (κ1) is 15.3. The zero-order valence-corrected chi connectivity index (χ0v) is 13.3. The largest absolute Gasteiger partial charge is 0.469 e. The van der Waals surface area contributed by atoms with Crippen molar-refractivity contribution < 1.29 is 8.81 Å². The highest BCUT2D eigenvalue weighted by Crippen LogP contribution is 2.27. The van der Waals surface area contributed by atoms with E-state index >= 15 is 0 Å². The molecule has 0 aliphatic rings. The van der Waals surface area contributed by atoms with Gasteiger partial charge in [-0.1, -0.05) is 19.1 Å². The summed E-state index contributed by atoms with van der Waals surface area (Å²) < 4.78 is 19.5. The highest BCUT2D eigenvalue weighted by Gasteiger charge is 2.16. The monoisotopic (exact) mass is 339 g/mol. The van der Waals surface area contributed by atoms with Crippen molar-refractivity contribution in [2.75, 3.05) is 6.54 Å². The van der Waals surface area contributed by atoms with E-state index in [-0.39, 0.29) is 11.9 Å². The zero-order chi connectivity index (χ0) is 14.5. The number of aryl methyl sites for hydroxylation is 1. The summed E-state index contributed by atoms with van der Waals surface area (Å²) >= 11 is 3.33. The van der Waals surface area contributed by atoms with Gasteiger partial charge in [0.25, 0.3) is 0 Å². The fraction of sp³-hybridized carbons (Fsp3) is 0.375. The Kier molecular flexibility index (Phi) is 5.38. The van der Waals surface area contributed by atoms with Crippen LogP contribution in [0.5, 0.6) is 0 Å². The Balaban J connectivity index is 2.21. The number of rotatable bonds is 6. The fourth-order valence-corrected chi connectivity index (χ4v) is 2.63. The lowest BCUT2D eigenvalue weighted by Crippen LogP contribution is -2.24. The second-order valence-corrected chi connectivity index (χ2v) is 5.71. The van der Waals surface area contributed by atoms with Gasteiger partial charge in [0.2, 0.25) is 0 Å². The Morgan fingerprint density at radius 3 is 2.85 bits per heavy atom. The molecule has 2 aromatic rings. The predicted molar refractivity (Wildman–Crippen MR) is 82.3 cm³/mol. The minimum Gasteiger partial charge on any atom is -0.469 e. The maximum absolute atomic E-state index is 13.6. The van der Waals surface area contributed by atoms with Crippen LogP contribution >= 0.6 is 15.9 Å². The van der Waals surface area contributed by atoms with E-state index in [4.69, 9.17) is 4.42 Å². The molecule has 1 aromatic carbocycles. The van der Waals surface area contributed by atoms with Crippen molar-refractivity contribution in [2.24, 2.45) is 0 Å². The Morgan fingerprint density at radius 2 is 2.20 bits per heavy atom. The third kappa shape index (κ3) is 3.70. The smallest absolute Gasteiger partial charge is 0.137 e. The summed E-state index contributed by atoms with van der Waals surface area (Å²) in [6, 6.07) is 7.31. The first-order valence-electron chi connectivity index (χ1n) is 6.83. The summed E-state index contributed by atoms with van der Waals surface area (Å²) in [4.78, 5) is 0. The van der Waals surface area contributed by atoms with Crippen molar-refractivity contribution in [3.8, 4) is 0 Å². The summed E-state index contributed by atoms with van der Waals surface area (Å²) in [6.07, 6.45) is 3.55. The lowest BCUT2D eigenvalue weighted by molar-refractivity contribution is 0.502. The summed E-state index contributed by atoms with van der Waals surface area (Å²) in [5, 5.41) is 3.49. The fourth-order valence-electron chi connectivity index (χ4n) is 2.20. The number of nitrogens with one attached hydrogen (secondary N) is 1. The summed E-state index contributed by atoms with van der Waals surface area (Å²) in [7, 11) is 0. The van der Waals surface area contributed by atoms with Gasteiger partial charge >= 0.3 is 0 Å². The molecule has 0 spiro atoms. The Labute approximate surface area is 127 Å². The van der Waals surface area contributed by atoms with Crippen molar-refractivity contribution in [3.63, 3.8) is 0 Å². The molecule has 0 fully saturated rings. The first-order valence-corrected chi connectivity index (χ1v) is 7.62. The molecule has 0 bridgehead atoms. The highest BCUT2D eigenvalue weighted by atomic mass is 79.9. The number of benzene rings is 1. The zero-order valence-electron chi connectivity index (χ0n) is 11.7. The van der Waals surface area contributed by atoms with Crippen LogP contribution in [-0.2, 0) is 6.42 Å². The summed E-state index contributed by atoms with van der Waals surface area (Å²) in [6.45, 7) is 4.98. The van der Waals surface area contributed by atoms with Gasteiger partial charge in [-0.2, -0.15) is 0 Å². The van der Waals surface area contributed by atoms with Crippen molar-refractivity contribution in [1.82, 2.24) is 5.32 Å².